The molecular formula is C31H42N2O3. The SMILES string of the molecule is CCN1CCCCCCN(C(=O)CC2CCCC2)[C@@H](Cc2ccccc2)COc2ccccc2C1=O. The zero-order valence-electron chi connectivity index (χ0n) is 21.9. The van der Waals surface area contributed by atoms with E-state index in [9.17, 15) is 9.59 Å². The molecule has 0 saturated heterocycles. The fourth-order valence-corrected chi connectivity index (χ4v) is 5.70. The lowest BCUT2D eigenvalue weighted by atomic mass is 10.00. The number of ether oxygens (including phenoxy) is 1. The van der Waals surface area contributed by atoms with Crippen molar-refractivity contribution in [3.63, 3.8) is 0 Å². The molecule has 194 valence electrons. The number of rotatable bonds is 5. The summed E-state index contributed by atoms with van der Waals surface area (Å²) in [6.45, 7) is 4.62. The lowest BCUT2D eigenvalue weighted by molar-refractivity contribution is -0.135. The average molecular weight is 491 g/mol. The van der Waals surface area contributed by atoms with Gasteiger partial charge in [0.25, 0.3) is 5.91 Å². The highest BCUT2D eigenvalue weighted by Gasteiger charge is 2.29. The van der Waals surface area contributed by atoms with Crippen LogP contribution in [0.3, 0.4) is 0 Å². The van der Waals surface area contributed by atoms with Gasteiger partial charge in [0.1, 0.15) is 12.4 Å². The maximum Gasteiger partial charge on any atom is 0.257 e. The first-order valence-corrected chi connectivity index (χ1v) is 14.0. The molecule has 4 rings (SSSR count). The van der Waals surface area contributed by atoms with Crippen LogP contribution in [0.25, 0.3) is 0 Å². The van der Waals surface area contributed by atoms with Gasteiger partial charge in [0.2, 0.25) is 5.91 Å². The van der Waals surface area contributed by atoms with Gasteiger partial charge < -0.3 is 14.5 Å². The second kappa shape index (κ2) is 13.5. The number of amides is 2. The zero-order valence-corrected chi connectivity index (χ0v) is 21.9. The Hall–Kier alpha value is -2.82. The number of nitrogens with zero attached hydrogens (tertiary/aromatic N) is 2. The fourth-order valence-electron chi connectivity index (χ4n) is 5.70. The molecule has 0 spiro atoms. The normalized spacial score (nSPS) is 20.5. The Labute approximate surface area is 216 Å². The van der Waals surface area contributed by atoms with E-state index in [2.05, 4.69) is 29.2 Å². The summed E-state index contributed by atoms with van der Waals surface area (Å²) in [7, 11) is 0. The number of hydrogen-bond acceptors (Lipinski definition) is 3. The molecule has 5 heteroatoms. The van der Waals surface area contributed by atoms with Crippen molar-refractivity contribution in [1.82, 2.24) is 9.80 Å². The highest BCUT2D eigenvalue weighted by molar-refractivity contribution is 5.96. The molecule has 2 aliphatic rings. The number of hydrogen-bond donors (Lipinski definition) is 0. The third kappa shape index (κ3) is 7.11. The largest absolute Gasteiger partial charge is 0.491 e. The Kier molecular flexibility index (Phi) is 9.83. The summed E-state index contributed by atoms with van der Waals surface area (Å²) in [5, 5.41) is 0. The smallest absolute Gasteiger partial charge is 0.257 e. The molecule has 2 aromatic carbocycles. The predicted octanol–water partition coefficient (Wildman–Crippen LogP) is 6.12. The van der Waals surface area contributed by atoms with Gasteiger partial charge in [-0.05, 0) is 62.6 Å². The van der Waals surface area contributed by atoms with Gasteiger partial charge in [-0.25, -0.2) is 0 Å². The zero-order chi connectivity index (χ0) is 25.2. The number of benzene rings is 2. The first kappa shape index (κ1) is 26.2. The van der Waals surface area contributed by atoms with Gasteiger partial charge in [-0.3, -0.25) is 9.59 Å². The fraction of sp³-hybridized carbons (Fsp3) is 0.548. The maximum absolute atomic E-state index is 13.7. The Bertz CT molecular complexity index is 971. The van der Waals surface area contributed by atoms with E-state index >= 15 is 0 Å². The van der Waals surface area contributed by atoms with E-state index in [1.807, 2.05) is 42.2 Å². The van der Waals surface area contributed by atoms with Crippen LogP contribution in [-0.4, -0.2) is 53.9 Å². The third-order valence-corrected chi connectivity index (χ3v) is 7.81. The van der Waals surface area contributed by atoms with Crippen molar-refractivity contribution in [3.8, 4) is 5.75 Å². The first-order chi connectivity index (χ1) is 17.7. The van der Waals surface area contributed by atoms with Crippen molar-refractivity contribution >= 4 is 11.8 Å². The number of carbonyl (C=O) groups excluding carboxylic acids is 2. The molecule has 0 bridgehead atoms. The minimum Gasteiger partial charge on any atom is -0.491 e. The van der Waals surface area contributed by atoms with Crippen molar-refractivity contribution < 1.29 is 14.3 Å². The molecule has 1 saturated carbocycles. The van der Waals surface area contributed by atoms with Gasteiger partial charge in [-0.2, -0.15) is 0 Å². The summed E-state index contributed by atoms with van der Waals surface area (Å²) in [4.78, 5) is 31.1. The van der Waals surface area contributed by atoms with Gasteiger partial charge in [0.15, 0.2) is 0 Å². The molecule has 36 heavy (non-hydrogen) atoms. The predicted molar refractivity (Wildman–Crippen MR) is 144 cm³/mol. The van der Waals surface area contributed by atoms with Crippen LogP contribution in [0.5, 0.6) is 5.75 Å². The van der Waals surface area contributed by atoms with Crippen molar-refractivity contribution in [1.29, 1.82) is 0 Å². The molecule has 0 radical (unpaired) electrons. The first-order valence-electron chi connectivity index (χ1n) is 14.0. The van der Waals surface area contributed by atoms with Crippen LogP contribution >= 0.6 is 0 Å². The summed E-state index contributed by atoms with van der Waals surface area (Å²) in [5.74, 6) is 1.42. The average Bonchev–Trinajstić information content (AvgIpc) is 3.41. The molecule has 2 amide bonds. The second-order valence-electron chi connectivity index (χ2n) is 10.4. The molecule has 0 aromatic heterocycles. The van der Waals surface area contributed by atoms with E-state index in [4.69, 9.17) is 4.74 Å². The number of fused-ring (bicyclic) bond motifs is 1. The molecule has 1 aliphatic heterocycles. The Morgan fingerprint density at radius 2 is 1.58 bits per heavy atom. The van der Waals surface area contributed by atoms with E-state index in [1.54, 1.807) is 0 Å². The van der Waals surface area contributed by atoms with E-state index in [-0.39, 0.29) is 17.9 Å². The highest BCUT2D eigenvalue weighted by Crippen LogP contribution is 2.29. The minimum atomic E-state index is -0.0744. The van der Waals surface area contributed by atoms with E-state index in [0.717, 1.165) is 45.2 Å². The molecule has 0 unspecified atom stereocenters. The number of carbonyl (C=O) groups is 2. The summed E-state index contributed by atoms with van der Waals surface area (Å²) >= 11 is 0. The van der Waals surface area contributed by atoms with E-state index < -0.39 is 0 Å². The van der Waals surface area contributed by atoms with Gasteiger partial charge in [0, 0.05) is 26.1 Å². The van der Waals surface area contributed by atoms with Crippen molar-refractivity contribution in [2.45, 2.75) is 77.2 Å². The Morgan fingerprint density at radius 3 is 2.33 bits per heavy atom. The van der Waals surface area contributed by atoms with Crippen LogP contribution in [0, 0.1) is 5.92 Å². The van der Waals surface area contributed by atoms with E-state index in [0.29, 0.717) is 36.8 Å². The van der Waals surface area contributed by atoms with Gasteiger partial charge in [0.05, 0.1) is 11.6 Å². The Balaban J connectivity index is 1.61. The minimum absolute atomic E-state index is 0.0268. The molecule has 5 nitrogen and oxygen atoms in total. The summed E-state index contributed by atoms with van der Waals surface area (Å²) in [5.41, 5.74) is 1.81. The summed E-state index contributed by atoms with van der Waals surface area (Å²) in [6.07, 6.45) is 10.3. The highest BCUT2D eigenvalue weighted by atomic mass is 16.5. The Morgan fingerprint density at radius 1 is 0.889 bits per heavy atom. The molecular weight excluding hydrogens is 448 g/mol. The standard InChI is InChI=1S/C31H42N2O3/c1-2-32-20-12-3-4-13-21-33(30(34)23-26-16-8-9-17-26)27(22-25-14-6-5-7-15-25)24-36-29-19-11-10-18-28(29)31(32)35/h5-7,10-11,14-15,18-19,26-27H,2-4,8-9,12-13,16-17,20-24H2,1H3/t27-/m0/s1. The van der Waals surface area contributed by atoms with Gasteiger partial charge >= 0.3 is 0 Å². The molecule has 2 aromatic rings. The monoisotopic (exact) mass is 490 g/mol. The second-order valence-corrected chi connectivity index (χ2v) is 10.4. The van der Waals surface area contributed by atoms with Crippen molar-refractivity contribution in [3.05, 3.63) is 65.7 Å². The lowest BCUT2D eigenvalue weighted by Gasteiger charge is -2.33. The summed E-state index contributed by atoms with van der Waals surface area (Å²) < 4.78 is 6.39. The van der Waals surface area contributed by atoms with Crippen LogP contribution in [0.2, 0.25) is 0 Å². The van der Waals surface area contributed by atoms with Crippen molar-refractivity contribution in [2.24, 2.45) is 5.92 Å². The molecule has 1 aliphatic carbocycles. The van der Waals surface area contributed by atoms with Gasteiger partial charge in [-0.15, -0.1) is 0 Å². The van der Waals surface area contributed by atoms with Gasteiger partial charge in [-0.1, -0.05) is 68.1 Å². The van der Waals surface area contributed by atoms with Crippen LogP contribution < -0.4 is 4.74 Å². The molecule has 1 atom stereocenters. The quantitative estimate of drug-likeness (QED) is 0.507. The molecule has 1 fully saturated rings. The van der Waals surface area contributed by atoms with Crippen LogP contribution in [0.1, 0.15) is 80.6 Å². The topological polar surface area (TPSA) is 49.9 Å². The number of para-hydroxylation sites is 1. The van der Waals surface area contributed by atoms with E-state index in [1.165, 1.54) is 31.2 Å². The van der Waals surface area contributed by atoms with Crippen LogP contribution in [-0.2, 0) is 11.2 Å². The summed E-state index contributed by atoms with van der Waals surface area (Å²) in [6, 6.07) is 17.9. The van der Waals surface area contributed by atoms with Crippen LogP contribution in [0.4, 0.5) is 0 Å². The lowest BCUT2D eigenvalue weighted by Crippen LogP contribution is -2.46. The maximum atomic E-state index is 13.7. The third-order valence-electron chi connectivity index (χ3n) is 7.81. The van der Waals surface area contributed by atoms with Crippen molar-refractivity contribution in [2.75, 3.05) is 26.2 Å². The van der Waals surface area contributed by atoms with Crippen LogP contribution in [0.15, 0.2) is 54.6 Å². The molecule has 1 heterocycles. The molecule has 0 N–H and O–H groups in total.